The lowest BCUT2D eigenvalue weighted by atomic mass is 9.76. The van der Waals surface area contributed by atoms with Crippen molar-refractivity contribution in [2.45, 2.75) is 115 Å². The van der Waals surface area contributed by atoms with E-state index in [0.717, 1.165) is 49.7 Å². The number of aryl methyl sites for hydroxylation is 2. The molecule has 336 valence electrons. The fourth-order valence-electron chi connectivity index (χ4n) is 10.2. The summed E-state index contributed by atoms with van der Waals surface area (Å²) in [6.45, 7) is 3.10. The van der Waals surface area contributed by atoms with Crippen molar-refractivity contribution in [2.24, 2.45) is 11.8 Å². The van der Waals surface area contributed by atoms with Gasteiger partial charge in [-0.1, -0.05) is 91.7 Å². The van der Waals surface area contributed by atoms with Crippen molar-refractivity contribution >= 4 is 22.9 Å². The van der Waals surface area contributed by atoms with E-state index in [-0.39, 0.29) is 54.6 Å². The quantitative estimate of drug-likeness (QED) is 0.0751. The molecule has 1 aromatic heterocycles. The highest BCUT2D eigenvalue weighted by Gasteiger charge is 2.57. The van der Waals surface area contributed by atoms with Crippen molar-refractivity contribution < 1.29 is 43.2 Å². The van der Waals surface area contributed by atoms with Gasteiger partial charge < -0.3 is 33.6 Å². The summed E-state index contributed by atoms with van der Waals surface area (Å²) in [5, 5.41) is 21.6. The molecule has 0 spiro atoms. The Balaban J connectivity index is 1.22. The van der Waals surface area contributed by atoms with Gasteiger partial charge in [0.05, 0.1) is 25.4 Å². The lowest BCUT2D eigenvalue weighted by Gasteiger charge is -2.48. The zero-order valence-corrected chi connectivity index (χ0v) is 37.2. The molecular weight excluding hydrogens is 809 g/mol. The Morgan fingerprint density at radius 2 is 1.53 bits per heavy atom. The molecule has 3 aliphatic heterocycles. The zero-order valence-electron chi connectivity index (χ0n) is 37.2. The average molecular weight is 869 g/mol. The highest BCUT2D eigenvalue weighted by Crippen LogP contribution is 2.52. The summed E-state index contributed by atoms with van der Waals surface area (Å²) in [5.74, 6) is -0.939. The van der Waals surface area contributed by atoms with E-state index in [1.165, 1.54) is 23.8 Å². The zero-order chi connectivity index (χ0) is 44.8. The molecule has 1 saturated carbocycles. The molecule has 1 aliphatic carbocycles. The minimum absolute atomic E-state index is 0.0629. The number of aliphatic hydroxyl groups is 2. The van der Waals surface area contributed by atoms with E-state index < -0.39 is 42.0 Å². The van der Waals surface area contributed by atoms with E-state index in [2.05, 4.69) is 72.8 Å². The SMILES string of the molecule is COCCc1c(CO)c2ccc3c(c2oc1=O)[C@H]1OC(=O)C[C@H](CCc2cccc(Cc4ccccc4)c2)Cc2ccc(cc2)CC/C(=C(\C)CO)C(=O)O[C@@H]1[C@](C)(C1CCCC1)O3. The number of aliphatic hydroxyl groups excluding tert-OH is 2. The fraction of sp³-hybridized carbons (Fsp3) is 0.426. The molecular formula is C54H60O10. The van der Waals surface area contributed by atoms with Crippen LogP contribution in [0.5, 0.6) is 5.75 Å². The van der Waals surface area contributed by atoms with Crippen LogP contribution >= 0.6 is 0 Å². The van der Waals surface area contributed by atoms with Gasteiger partial charge in [0.15, 0.2) is 12.2 Å². The molecule has 2 N–H and O–H groups in total. The highest BCUT2D eigenvalue weighted by atomic mass is 16.6. The molecule has 0 amide bonds. The molecule has 1 fully saturated rings. The number of hydrogen-bond donors (Lipinski definition) is 2. The Labute approximate surface area is 375 Å². The first-order valence-electron chi connectivity index (χ1n) is 22.9. The van der Waals surface area contributed by atoms with Gasteiger partial charge in [-0.25, -0.2) is 9.59 Å². The second kappa shape index (κ2) is 20.1. The second-order valence-electron chi connectivity index (χ2n) is 18.1. The smallest absolute Gasteiger partial charge is 0.339 e. The van der Waals surface area contributed by atoms with E-state index in [0.29, 0.717) is 53.5 Å². The second-order valence-corrected chi connectivity index (χ2v) is 18.1. The van der Waals surface area contributed by atoms with Crippen molar-refractivity contribution in [1.82, 2.24) is 0 Å². The average Bonchev–Trinajstić information content (AvgIpc) is 3.86. The van der Waals surface area contributed by atoms with Crippen molar-refractivity contribution in [2.75, 3.05) is 20.3 Å². The van der Waals surface area contributed by atoms with Crippen LogP contribution in [0.3, 0.4) is 0 Å². The Kier molecular flexibility index (Phi) is 14.1. The Morgan fingerprint density at radius 1 is 0.797 bits per heavy atom. The number of carbonyl (C=O) groups excluding carboxylic acids is 2. The maximum absolute atomic E-state index is 14.8. The van der Waals surface area contributed by atoms with E-state index in [1.54, 1.807) is 19.1 Å². The van der Waals surface area contributed by atoms with Crippen LogP contribution < -0.4 is 10.4 Å². The van der Waals surface area contributed by atoms with Gasteiger partial charge in [-0.15, -0.1) is 0 Å². The molecule has 5 aromatic rings. The fourth-order valence-corrected chi connectivity index (χ4v) is 10.2. The molecule has 64 heavy (non-hydrogen) atoms. The Hall–Kier alpha value is -5.55. The molecule has 4 heterocycles. The summed E-state index contributed by atoms with van der Waals surface area (Å²) in [6.07, 6.45) is 5.21. The molecule has 4 aromatic carbocycles. The number of hydrogen-bond acceptors (Lipinski definition) is 10. The first-order valence-corrected chi connectivity index (χ1v) is 22.9. The molecule has 2 bridgehead atoms. The lowest BCUT2D eigenvalue weighted by molar-refractivity contribution is -0.199. The molecule has 0 radical (unpaired) electrons. The van der Waals surface area contributed by atoms with Gasteiger partial charge in [0.25, 0.3) is 0 Å². The Bertz CT molecular complexity index is 2530. The molecule has 0 unspecified atom stereocenters. The van der Waals surface area contributed by atoms with E-state index in [9.17, 15) is 24.6 Å². The summed E-state index contributed by atoms with van der Waals surface area (Å²) < 4.78 is 31.8. The summed E-state index contributed by atoms with van der Waals surface area (Å²) >= 11 is 0. The summed E-state index contributed by atoms with van der Waals surface area (Å²) in [6, 6.07) is 30.9. The number of benzene rings is 4. The van der Waals surface area contributed by atoms with Crippen LogP contribution in [-0.2, 0) is 62.5 Å². The number of rotatable bonds is 11. The first kappa shape index (κ1) is 45.0. The molecule has 9 rings (SSSR count). The third-order valence-electron chi connectivity index (χ3n) is 13.9. The monoisotopic (exact) mass is 868 g/mol. The number of esters is 2. The van der Waals surface area contributed by atoms with Crippen molar-refractivity contribution in [1.29, 1.82) is 0 Å². The molecule has 10 heteroatoms. The normalized spacial score (nSPS) is 22.7. The Morgan fingerprint density at radius 3 is 2.27 bits per heavy atom. The van der Waals surface area contributed by atoms with Crippen LogP contribution in [0.15, 0.2) is 111 Å². The van der Waals surface area contributed by atoms with Crippen LogP contribution in [0.4, 0.5) is 0 Å². The molecule has 4 aliphatic rings. The van der Waals surface area contributed by atoms with Crippen LogP contribution in [0, 0.1) is 11.8 Å². The van der Waals surface area contributed by atoms with E-state index in [1.807, 2.05) is 13.0 Å². The minimum atomic E-state index is -1.24. The number of fused-ring (bicyclic) bond motifs is 13. The van der Waals surface area contributed by atoms with Crippen LogP contribution in [0.1, 0.15) is 109 Å². The maximum atomic E-state index is 14.8. The van der Waals surface area contributed by atoms with Crippen LogP contribution in [-0.4, -0.2) is 54.2 Å². The van der Waals surface area contributed by atoms with E-state index in [4.69, 9.17) is 23.4 Å². The van der Waals surface area contributed by atoms with Gasteiger partial charge in [-0.3, -0.25) is 4.79 Å². The van der Waals surface area contributed by atoms with Gasteiger partial charge in [0.2, 0.25) is 0 Å². The number of ether oxygens (including phenoxy) is 4. The van der Waals surface area contributed by atoms with Gasteiger partial charge >= 0.3 is 17.6 Å². The van der Waals surface area contributed by atoms with Gasteiger partial charge in [-0.2, -0.15) is 0 Å². The van der Waals surface area contributed by atoms with Crippen molar-refractivity contribution in [3.05, 3.63) is 157 Å². The van der Waals surface area contributed by atoms with Gasteiger partial charge in [0.1, 0.15) is 16.9 Å². The standard InChI is InChI=1S/C54H60O10/c1-34(32-55)42-23-22-35-16-18-38(19-17-35)30-40(21-20-37-12-9-13-39(29-37)28-36-10-5-4-6-11-36)31-47(57)61-50-48-46(64-54(2,41-14-7-8-15-41)51(50)63-52(42)58)25-24-43-45(33-56)44(26-27-60-3)53(59)62-49(43)48/h4-6,9-13,16-19,24-25,29,40-41,50-51,55-56H,7-8,14-15,20-23,26-28,30-33H2,1-3H3/b42-34-/t40-,50-,51+,54+/m1/s1. The third kappa shape index (κ3) is 9.75. The van der Waals surface area contributed by atoms with Crippen LogP contribution in [0.25, 0.3) is 11.0 Å². The molecule has 0 saturated heterocycles. The van der Waals surface area contributed by atoms with Gasteiger partial charge in [0, 0.05) is 42.4 Å². The lowest BCUT2D eigenvalue weighted by Crippen LogP contribution is -2.58. The van der Waals surface area contributed by atoms with Crippen LogP contribution in [0.2, 0.25) is 0 Å². The predicted octanol–water partition coefficient (Wildman–Crippen LogP) is 9.04. The summed E-state index contributed by atoms with van der Waals surface area (Å²) in [5.41, 5.74) is 5.84. The first-order chi connectivity index (χ1) is 31.1. The minimum Gasteiger partial charge on any atom is -0.483 e. The largest absolute Gasteiger partial charge is 0.483 e. The number of carbonyl (C=O) groups is 2. The topological polar surface area (TPSA) is 142 Å². The number of methoxy groups -OCH3 is 1. The maximum Gasteiger partial charge on any atom is 0.339 e. The highest BCUT2D eigenvalue weighted by molar-refractivity contribution is 5.90. The summed E-state index contributed by atoms with van der Waals surface area (Å²) in [4.78, 5) is 43.3. The van der Waals surface area contributed by atoms with Gasteiger partial charge in [-0.05, 0) is 122 Å². The summed E-state index contributed by atoms with van der Waals surface area (Å²) in [7, 11) is 1.54. The molecule has 4 atom stereocenters. The van der Waals surface area contributed by atoms with Crippen molar-refractivity contribution in [3.63, 3.8) is 0 Å². The van der Waals surface area contributed by atoms with E-state index >= 15 is 0 Å². The van der Waals surface area contributed by atoms with Crippen molar-refractivity contribution in [3.8, 4) is 5.75 Å². The third-order valence-corrected chi connectivity index (χ3v) is 13.9. The predicted molar refractivity (Wildman–Crippen MR) is 244 cm³/mol. The molecule has 10 nitrogen and oxygen atoms in total.